The van der Waals surface area contributed by atoms with Crippen molar-refractivity contribution < 1.29 is 9.53 Å². The minimum atomic E-state index is -0.499. The number of nitrogens with zero attached hydrogens (tertiary/aromatic N) is 1. The van der Waals surface area contributed by atoms with Crippen LogP contribution in [0.3, 0.4) is 0 Å². The number of benzene rings is 1. The van der Waals surface area contributed by atoms with Gasteiger partial charge in [-0.3, -0.25) is 4.79 Å². The molecule has 20 heavy (non-hydrogen) atoms. The lowest BCUT2D eigenvalue weighted by atomic mass is 10.2. The molecule has 1 aromatic carbocycles. The van der Waals surface area contributed by atoms with Crippen molar-refractivity contribution in [1.29, 1.82) is 0 Å². The molecular formula is C15H21BrN2O2. The van der Waals surface area contributed by atoms with Gasteiger partial charge in [-0.1, -0.05) is 6.07 Å². The fourth-order valence-corrected chi connectivity index (χ4v) is 3.13. The monoisotopic (exact) mass is 340 g/mol. The molecule has 1 aliphatic heterocycles. The van der Waals surface area contributed by atoms with Gasteiger partial charge in [0.1, 0.15) is 5.75 Å². The van der Waals surface area contributed by atoms with Crippen LogP contribution in [0.15, 0.2) is 22.7 Å². The van der Waals surface area contributed by atoms with Crippen molar-refractivity contribution in [2.24, 2.45) is 5.73 Å². The number of carbonyl (C=O) groups excluding carboxylic acids is 1. The quantitative estimate of drug-likeness (QED) is 0.915. The highest BCUT2D eigenvalue weighted by molar-refractivity contribution is 9.10. The van der Waals surface area contributed by atoms with E-state index in [4.69, 9.17) is 10.5 Å². The second kappa shape index (κ2) is 6.59. The van der Waals surface area contributed by atoms with E-state index in [1.165, 1.54) is 0 Å². The average molecular weight is 341 g/mol. The molecule has 0 saturated carbocycles. The molecule has 2 rings (SSSR count). The van der Waals surface area contributed by atoms with Gasteiger partial charge in [0.25, 0.3) is 5.91 Å². The van der Waals surface area contributed by atoms with Crippen molar-refractivity contribution in [3.05, 3.63) is 28.2 Å². The van der Waals surface area contributed by atoms with Crippen molar-refractivity contribution in [3.8, 4) is 5.75 Å². The van der Waals surface area contributed by atoms with Gasteiger partial charge in [0, 0.05) is 19.1 Å². The van der Waals surface area contributed by atoms with E-state index in [0.717, 1.165) is 29.4 Å². The molecule has 1 aromatic rings. The Morgan fingerprint density at radius 2 is 2.35 bits per heavy atom. The highest BCUT2D eigenvalue weighted by atomic mass is 79.9. The summed E-state index contributed by atoms with van der Waals surface area (Å²) in [4.78, 5) is 14.3. The standard InChI is InChI=1S/C15H21BrN2O2/c1-10-5-6-14(13(16)8-10)20-11(2)15(19)18-7-3-4-12(18)9-17/h5-6,8,11-12H,3-4,7,9,17H2,1-2H3. The van der Waals surface area contributed by atoms with E-state index in [0.29, 0.717) is 12.3 Å². The molecule has 4 nitrogen and oxygen atoms in total. The largest absolute Gasteiger partial charge is 0.480 e. The van der Waals surface area contributed by atoms with Crippen molar-refractivity contribution in [1.82, 2.24) is 4.90 Å². The molecule has 0 spiro atoms. The Balaban J connectivity index is 2.04. The molecule has 0 bridgehead atoms. The van der Waals surface area contributed by atoms with Crippen LogP contribution in [-0.4, -0.2) is 36.0 Å². The highest BCUT2D eigenvalue weighted by Crippen LogP contribution is 2.27. The minimum absolute atomic E-state index is 0.0189. The zero-order chi connectivity index (χ0) is 14.7. The number of hydrogen-bond donors (Lipinski definition) is 1. The Kier molecular flexibility index (Phi) is 5.05. The van der Waals surface area contributed by atoms with Gasteiger partial charge in [-0.2, -0.15) is 0 Å². The molecule has 1 fully saturated rings. The van der Waals surface area contributed by atoms with Crippen molar-refractivity contribution in [3.63, 3.8) is 0 Å². The summed E-state index contributed by atoms with van der Waals surface area (Å²) < 4.78 is 6.66. The molecule has 2 N–H and O–H groups in total. The molecule has 1 amide bonds. The molecule has 2 atom stereocenters. The summed E-state index contributed by atoms with van der Waals surface area (Å²) in [6.45, 7) is 5.11. The topological polar surface area (TPSA) is 55.6 Å². The first-order valence-electron chi connectivity index (χ1n) is 6.96. The molecule has 5 heteroatoms. The van der Waals surface area contributed by atoms with Gasteiger partial charge in [-0.05, 0) is 60.3 Å². The maximum Gasteiger partial charge on any atom is 0.263 e. The fourth-order valence-electron chi connectivity index (χ4n) is 2.55. The van der Waals surface area contributed by atoms with E-state index in [9.17, 15) is 4.79 Å². The predicted octanol–water partition coefficient (Wildman–Crippen LogP) is 2.47. The van der Waals surface area contributed by atoms with Crippen LogP contribution in [0, 0.1) is 6.92 Å². The summed E-state index contributed by atoms with van der Waals surface area (Å²) in [5.74, 6) is 0.713. The number of carbonyl (C=O) groups is 1. The van der Waals surface area contributed by atoms with Crippen LogP contribution in [0.5, 0.6) is 5.75 Å². The Hall–Kier alpha value is -1.07. The summed E-state index contributed by atoms with van der Waals surface area (Å²) in [5.41, 5.74) is 6.86. The summed E-state index contributed by atoms with van der Waals surface area (Å²) in [5, 5.41) is 0. The Morgan fingerprint density at radius 3 is 3.00 bits per heavy atom. The van der Waals surface area contributed by atoms with Gasteiger partial charge in [0.05, 0.1) is 4.47 Å². The number of ether oxygens (including phenoxy) is 1. The average Bonchev–Trinajstić information content (AvgIpc) is 2.89. The maximum absolute atomic E-state index is 12.4. The lowest BCUT2D eigenvalue weighted by molar-refractivity contribution is -0.138. The van der Waals surface area contributed by atoms with E-state index in [2.05, 4.69) is 15.9 Å². The molecule has 1 aliphatic rings. The Bertz CT molecular complexity index is 493. The minimum Gasteiger partial charge on any atom is -0.480 e. The molecule has 0 aromatic heterocycles. The summed E-state index contributed by atoms with van der Waals surface area (Å²) in [6, 6.07) is 5.99. The van der Waals surface area contributed by atoms with Gasteiger partial charge in [0.2, 0.25) is 0 Å². The molecule has 1 heterocycles. The van der Waals surface area contributed by atoms with E-state index >= 15 is 0 Å². The third kappa shape index (κ3) is 3.33. The molecule has 110 valence electrons. The number of nitrogens with two attached hydrogens (primary N) is 1. The number of hydrogen-bond acceptors (Lipinski definition) is 3. The lowest BCUT2D eigenvalue weighted by Crippen LogP contribution is -2.45. The molecular weight excluding hydrogens is 320 g/mol. The molecule has 0 radical (unpaired) electrons. The van der Waals surface area contributed by atoms with Crippen LogP contribution in [0.1, 0.15) is 25.3 Å². The van der Waals surface area contributed by atoms with Crippen LogP contribution < -0.4 is 10.5 Å². The van der Waals surface area contributed by atoms with Crippen molar-refractivity contribution >= 4 is 21.8 Å². The molecule has 2 unspecified atom stereocenters. The van der Waals surface area contributed by atoms with Crippen LogP contribution in [0.4, 0.5) is 0 Å². The zero-order valence-corrected chi connectivity index (χ0v) is 13.5. The van der Waals surface area contributed by atoms with Gasteiger partial charge in [0.15, 0.2) is 6.10 Å². The Morgan fingerprint density at radius 1 is 1.60 bits per heavy atom. The first-order valence-corrected chi connectivity index (χ1v) is 7.75. The normalized spacial score (nSPS) is 20.0. The SMILES string of the molecule is Cc1ccc(OC(C)C(=O)N2CCCC2CN)c(Br)c1. The number of rotatable bonds is 4. The van der Waals surface area contributed by atoms with E-state index in [1.807, 2.05) is 30.0 Å². The number of amides is 1. The van der Waals surface area contributed by atoms with Gasteiger partial charge in [-0.25, -0.2) is 0 Å². The molecule has 0 aliphatic carbocycles. The lowest BCUT2D eigenvalue weighted by Gasteiger charge is -2.27. The first-order chi connectivity index (χ1) is 9.52. The number of halogens is 1. The highest BCUT2D eigenvalue weighted by Gasteiger charge is 2.31. The third-order valence-corrected chi connectivity index (χ3v) is 4.29. The van der Waals surface area contributed by atoms with Crippen LogP contribution in [0.25, 0.3) is 0 Å². The fraction of sp³-hybridized carbons (Fsp3) is 0.533. The number of likely N-dealkylation sites (tertiary alicyclic amines) is 1. The van der Waals surface area contributed by atoms with E-state index in [-0.39, 0.29) is 11.9 Å². The van der Waals surface area contributed by atoms with Gasteiger partial charge >= 0.3 is 0 Å². The van der Waals surface area contributed by atoms with Crippen LogP contribution in [0.2, 0.25) is 0 Å². The third-order valence-electron chi connectivity index (χ3n) is 3.67. The zero-order valence-electron chi connectivity index (χ0n) is 11.9. The van der Waals surface area contributed by atoms with Crippen LogP contribution >= 0.6 is 15.9 Å². The van der Waals surface area contributed by atoms with Gasteiger partial charge < -0.3 is 15.4 Å². The smallest absolute Gasteiger partial charge is 0.263 e. The summed E-state index contributed by atoms with van der Waals surface area (Å²) in [6.07, 6.45) is 1.51. The summed E-state index contributed by atoms with van der Waals surface area (Å²) in [7, 11) is 0. The summed E-state index contributed by atoms with van der Waals surface area (Å²) >= 11 is 3.46. The second-order valence-corrected chi connectivity index (χ2v) is 6.11. The predicted molar refractivity (Wildman–Crippen MR) is 82.8 cm³/mol. The second-order valence-electron chi connectivity index (χ2n) is 5.26. The van der Waals surface area contributed by atoms with E-state index in [1.54, 1.807) is 6.92 Å². The van der Waals surface area contributed by atoms with Gasteiger partial charge in [-0.15, -0.1) is 0 Å². The van der Waals surface area contributed by atoms with Crippen molar-refractivity contribution in [2.45, 2.75) is 38.8 Å². The van der Waals surface area contributed by atoms with Crippen molar-refractivity contribution in [2.75, 3.05) is 13.1 Å². The maximum atomic E-state index is 12.4. The van der Waals surface area contributed by atoms with E-state index < -0.39 is 6.10 Å². The Labute approximate surface area is 128 Å². The first kappa shape index (κ1) is 15.3. The van der Waals surface area contributed by atoms with Crippen LogP contribution in [-0.2, 0) is 4.79 Å². The molecule has 1 saturated heterocycles. The number of aryl methyl sites for hydroxylation is 1.